The van der Waals surface area contributed by atoms with Gasteiger partial charge in [-0.3, -0.25) is 19.4 Å². The van der Waals surface area contributed by atoms with Crippen LogP contribution in [0.2, 0.25) is 0 Å². The lowest BCUT2D eigenvalue weighted by Crippen LogP contribution is -2.24. The maximum absolute atomic E-state index is 14.1. The average Bonchev–Trinajstić information content (AvgIpc) is 3.16. The lowest BCUT2D eigenvalue weighted by atomic mass is 9.80. The van der Waals surface area contributed by atoms with Gasteiger partial charge in [-0.05, 0) is 37.1 Å². The number of hydrogen-bond acceptors (Lipinski definition) is 6. The van der Waals surface area contributed by atoms with E-state index in [1.54, 1.807) is 27.0 Å². The van der Waals surface area contributed by atoms with Crippen molar-refractivity contribution in [3.63, 3.8) is 0 Å². The largest absolute Gasteiger partial charge is 0.507 e. The molecule has 1 aliphatic rings. The molecule has 0 spiro atoms. The minimum absolute atomic E-state index is 0.000280. The molecule has 1 aliphatic carbocycles. The lowest BCUT2D eigenvalue weighted by Gasteiger charge is -2.22. The second-order valence-electron chi connectivity index (χ2n) is 9.63. The van der Waals surface area contributed by atoms with Crippen LogP contribution in [0.15, 0.2) is 47.4 Å². The number of phenolic OH excluding ortho intramolecular Hbond substituents is 2. The van der Waals surface area contributed by atoms with Gasteiger partial charge in [0.05, 0.1) is 22.2 Å². The first-order valence-corrected chi connectivity index (χ1v) is 11.7. The molecule has 0 saturated heterocycles. The van der Waals surface area contributed by atoms with E-state index in [-0.39, 0.29) is 55.6 Å². The van der Waals surface area contributed by atoms with Crippen LogP contribution in [0.5, 0.6) is 11.5 Å². The van der Waals surface area contributed by atoms with E-state index in [0.717, 1.165) is 16.5 Å². The number of para-hydroxylation sites is 1. The van der Waals surface area contributed by atoms with Gasteiger partial charge in [-0.15, -0.1) is 0 Å². The molecule has 3 heterocycles. The van der Waals surface area contributed by atoms with Gasteiger partial charge in [0, 0.05) is 57.3 Å². The number of aromatic amines is 1. The third-order valence-electron chi connectivity index (χ3n) is 7.47. The third-order valence-corrected chi connectivity index (χ3v) is 7.47. The van der Waals surface area contributed by atoms with Crippen LogP contribution in [0, 0.1) is 13.8 Å². The summed E-state index contributed by atoms with van der Waals surface area (Å²) in [5.41, 5.74) is 2.26. The van der Waals surface area contributed by atoms with Gasteiger partial charge in [-0.1, -0.05) is 18.2 Å². The van der Waals surface area contributed by atoms with E-state index < -0.39 is 17.1 Å². The van der Waals surface area contributed by atoms with E-state index in [2.05, 4.69) is 9.97 Å². The van der Waals surface area contributed by atoms with Crippen LogP contribution in [-0.4, -0.2) is 36.3 Å². The molecule has 3 aromatic heterocycles. The fraction of sp³-hybridized carbons (Fsp3) is 0.103. The summed E-state index contributed by atoms with van der Waals surface area (Å²) in [6, 6.07) is 10.5. The molecule has 6 aromatic rings. The van der Waals surface area contributed by atoms with Crippen molar-refractivity contribution in [3.05, 3.63) is 86.5 Å². The summed E-state index contributed by atoms with van der Waals surface area (Å²) in [6.45, 7) is 3.46. The standard InChI is InChI=1S/C29H19N3O5/c1-11-8-14-23(30-10-11)28(36)21-20-19(27(35)17-12(2)9-16(33)31-24(17)29(20)37)18-13-6-4-5-7-15(13)32(3)25(18)22(21)26(14)34/h4-10,35,37H,1-3H3,(H,31,33). The van der Waals surface area contributed by atoms with E-state index >= 15 is 0 Å². The van der Waals surface area contributed by atoms with E-state index in [1.165, 1.54) is 12.3 Å². The Bertz CT molecular complexity index is 2150. The number of pyridine rings is 2. The molecule has 0 radical (unpaired) electrons. The number of hydrogen-bond donors (Lipinski definition) is 3. The Morgan fingerprint density at radius 3 is 2.41 bits per heavy atom. The molecule has 37 heavy (non-hydrogen) atoms. The molecule has 0 atom stereocenters. The summed E-state index contributed by atoms with van der Waals surface area (Å²) in [5, 5.41) is 25.1. The summed E-state index contributed by atoms with van der Waals surface area (Å²) in [7, 11) is 1.80. The highest BCUT2D eigenvalue weighted by molar-refractivity contribution is 6.41. The molecule has 8 heteroatoms. The van der Waals surface area contributed by atoms with Gasteiger partial charge in [-0.25, -0.2) is 0 Å². The van der Waals surface area contributed by atoms with Crippen molar-refractivity contribution in [1.29, 1.82) is 0 Å². The zero-order valence-corrected chi connectivity index (χ0v) is 20.1. The summed E-state index contributed by atoms with van der Waals surface area (Å²) < 4.78 is 1.84. The van der Waals surface area contributed by atoms with Crippen LogP contribution in [0.4, 0.5) is 0 Å². The molecule has 3 aromatic carbocycles. The number of aromatic nitrogens is 3. The second-order valence-corrected chi connectivity index (χ2v) is 9.63. The van der Waals surface area contributed by atoms with Gasteiger partial charge < -0.3 is 19.8 Å². The first-order valence-electron chi connectivity index (χ1n) is 11.7. The SMILES string of the molecule is Cc1cnc2c(c1)C(=O)c1c(c3c(O)c4[nH]c(=O)cc(C)c4c(O)c3c3c4ccccc4n(C)c13)C2=O. The van der Waals surface area contributed by atoms with E-state index in [9.17, 15) is 24.6 Å². The van der Waals surface area contributed by atoms with Crippen molar-refractivity contribution in [2.24, 2.45) is 7.05 Å². The number of phenols is 2. The van der Waals surface area contributed by atoms with Crippen LogP contribution in [0.25, 0.3) is 43.5 Å². The molecule has 0 bridgehead atoms. The van der Waals surface area contributed by atoms with Crippen molar-refractivity contribution >= 4 is 55.0 Å². The normalized spacial score (nSPS) is 13.2. The van der Waals surface area contributed by atoms with Crippen LogP contribution >= 0.6 is 0 Å². The van der Waals surface area contributed by atoms with Gasteiger partial charge in [0.15, 0.2) is 5.78 Å². The van der Waals surface area contributed by atoms with E-state index in [4.69, 9.17) is 0 Å². The van der Waals surface area contributed by atoms with Crippen molar-refractivity contribution in [1.82, 2.24) is 14.5 Å². The van der Waals surface area contributed by atoms with Crippen LogP contribution in [0.1, 0.15) is 43.1 Å². The van der Waals surface area contributed by atoms with Crippen molar-refractivity contribution in [2.75, 3.05) is 0 Å². The Hall–Kier alpha value is -4.98. The molecule has 0 unspecified atom stereocenters. The number of nitrogens with one attached hydrogen (secondary N) is 1. The first-order chi connectivity index (χ1) is 17.7. The van der Waals surface area contributed by atoms with E-state index in [0.29, 0.717) is 16.5 Å². The number of carbonyl (C=O) groups is 2. The molecule has 0 saturated carbocycles. The van der Waals surface area contributed by atoms with Gasteiger partial charge in [0.2, 0.25) is 11.3 Å². The highest BCUT2D eigenvalue weighted by Gasteiger charge is 2.38. The Morgan fingerprint density at radius 2 is 1.62 bits per heavy atom. The molecule has 0 amide bonds. The minimum atomic E-state index is -0.536. The Kier molecular flexibility index (Phi) is 3.93. The van der Waals surface area contributed by atoms with Crippen LogP contribution < -0.4 is 5.56 Å². The molecule has 3 N–H and O–H groups in total. The highest BCUT2D eigenvalue weighted by Crippen LogP contribution is 2.51. The van der Waals surface area contributed by atoms with Crippen molar-refractivity contribution < 1.29 is 19.8 Å². The summed E-state index contributed by atoms with van der Waals surface area (Å²) >= 11 is 0. The number of benzene rings is 3. The summed E-state index contributed by atoms with van der Waals surface area (Å²) in [5.74, 6) is -1.50. The topological polar surface area (TPSA) is 125 Å². The number of ketones is 2. The van der Waals surface area contributed by atoms with Crippen LogP contribution in [0.3, 0.4) is 0 Å². The van der Waals surface area contributed by atoms with Gasteiger partial charge in [0.1, 0.15) is 17.2 Å². The number of nitrogens with zero attached hydrogens (tertiary/aromatic N) is 2. The van der Waals surface area contributed by atoms with Gasteiger partial charge in [-0.2, -0.15) is 0 Å². The maximum atomic E-state index is 14.1. The van der Waals surface area contributed by atoms with Gasteiger partial charge in [0.25, 0.3) is 0 Å². The number of H-pyrrole nitrogens is 1. The second kappa shape index (κ2) is 6.82. The molecule has 8 nitrogen and oxygen atoms in total. The summed E-state index contributed by atoms with van der Waals surface area (Å²) in [6.07, 6.45) is 1.51. The number of aryl methyl sites for hydroxylation is 3. The maximum Gasteiger partial charge on any atom is 0.248 e. The Balaban J connectivity index is 1.87. The fourth-order valence-corrected chi connectivity index (χ4v) is 5.95. The summed E-state index contributed by atoms with van der Waals surface area (Å²) in [4.78, 5) is 47.2. The monoisotopic (exact) mass is 489 g/mol. The smallest absolute Gasteiger partial charge is 0.248 e. The Labute approximate surface area is 208 Å². The predicted octanol–water partition coefficient (Wildman–Crippen LogP) is 4.52. The minimum Gasteiger partial charge on any atom is -0.507 e. The first kappa shape index (κ1) is 21.3. The zero-order valence-electron chi connectivity index (χ0n) is 20.1. The van der Waals surface area contributed by atoms with Crippen molar-refractivity contribution in [3.8, 4) is 11.5 Å². The third kappa shape index (κ3) is 2.46. The quantitative estimate of drug-likeness (QED) is 0.212. The highest BCUT2D eigenvalue weighted by atomic mass is 16.3. The van der Waals surface area contributed by atoms with Crippen molar-refractivity contribution in [2.45, 2.75) is 13.8 Å². The molecule has 0 aliphatic heterocycles. The van der Waals surface area contributed by atoms with E-state index in [1.807, 2.05) is 28.8 Å². The molecule has 180 valence electrons. The molecular weight excluding hydrogens is 470 g/mol. The van der Waals surface area contributed by atoms with Crippen LogP contribution in [-0.2, 0) is 7.05 Å². The number of carbonyl (C=O) groups excluding carboxylic acids is 2. The molecule has 0 fully saturated rings. The lowest BCUT2D eigenvalue weighted by molar-refractivity contribution is 0.0977. The average molecular weight is 489 g/mol. The fourth-order valence-electron chi connectivity index (χ4n) is 5.95. The predicted molar refractivity (Wildman–Crippen MR) is 140 cm³/mol. The number of rotatable bonds is 0. The molecular formula is C29H19N3O5. The number of aromatic hydroxyl groups is 2. The Morgan fingerprint density at radius 1 is 0.865 bits per heavy atom. The zero-order chi connectivity index (χ0) is 25.9. The van der Waals surface area contributed by atoms with Gasteiger partial charge >= 0.3 is 0 Å². The number of fused-ring (bicyclic) bond motifs is 10. The molecule has 7 rings (SSSR count).